The van der Waals surface area contributed by atoms with Gasteiger partial charge in [0.1, 0.15) is 0 Å². The molecular formula is C17H27NO2. The summed E-state index contributed by atoms with van der Waals surface area (Å²) in [5.41, 5.74) is 1.08. The summed E-state index contributed by atoms with van der Waals surface area (Å²) in [6, 6.07) is 7.75. The van der Waals surface area contributed by atoms with Gasteiger partial charge in [-0.05, 0) is 43.9 Å². The molecule has 112 valence electrons. The summed E-state index contributed by atoms with van der Waals surface area (Å²) < 4.78 is 0. The van der Waals surface area contributed by atoms with E-state index in [-0.39, 0.29) is 11.3 Å². The Hall–Kier alpha value is -1.35. The molecule has 0 aliphatic heterocycles. The molecule has 0 heterocycles. The minimum atomic E-state index is -0.878. The fraction of sp³-hybridized carbons (Fsp3) is 0.588. The van der Waals surface area contributed by atoms with Crippen LogP contribution < -0.4 is 0 Å². The molecule has 1 amide bonds. The first-order valence-corrected chi connectivity index (χ1v) is 7.17. The number of likely N-dealkylation sites (N-methyl/N-ethyl adjacent to an activating group) is 1. The lowest BCUT2D eigenvalue weighted by atomic mass is 9.86. The van der Waals surface area contributed by atoms with Gasteiger partial charge in [-0.25, -0.2) is 0 Å². The normalized spacial score (nSPS) is 12.3. The lowest BCUT2D eigenvalue weighted by molar-refractivity contribution is 0.0314. The summed E-state index contributed by atoms with van der Waals surface area (Å²) in [4.78, 5) is 14.1. The fourth-order valence-electron chi connectivity index (χ4n) is 2.09. The van der Waals surface area contributed by atoms with Crippen molar-refractivity contribution in [2.24, 2.45) is 0 Å². The van der Waals surface area contributed by atoms with Crippen LogP contribution >= 0.6 is 0 Å². The van der Waals surface area contributed by atoms with Crippen molar-refractivity contribution < 1.29 is 9.90 Å². The van der Waals surface area contributed by atoms with E-state index in [1.165, 1.54) is 5.56 Å². The van der Waals surface area contributed by atoms with Crippen molar-refractivity contribution in [2.75, 3.05) is 13.1 Å². The lowest BCUT2D eigenvalue weighted by Gasteiger charge is -2.28. The number of amides is 1. The quantitative estimate of drug-likeness (QED) is 0.918. The maximum Gasteiger partial charge on any atom is 0.253 e. The zero-order chi connectivity index (χ0) is 15.6. The molecule has 20 heavy (non-hydrogen) atoms. The second-order valence-electron chi connectivity index (χ2n) is 6.96. The molecule has 1 aromatic rings. The summed E-state index contributed by atoms with van der Waals surface area (Å²) in [7, 11) is 0. The van der Waals surface area contributed by atoms with Crippen LogP contribution in [0.5, 0.6) is 0 Å². The van der Waals surface area contributed by atoms with Crippen LogP contribution in [0.15, 0.2) is 24.3 Å². The van der Waals surface area contributed by atoms with E-state index in [4.69, 9.17) is 0 Å². The molecule has 0 saturated heterocycles. The fourth-order valence-corrected chi connectivity index (χ4v) is 2.09. The summed E-state index contributed by atoms with van der Waals surface area (Å²) >= 11 is 0. The Kier molecular flexibility index (Phi) is 4.98. The number of rotatable bonds is 4. The third-order valence-corrected chi connectivity index (χ3v) is 3.24. The molecule has 1 aromatic carbocycles. The Morgan fingerprint density at radius 3 is 1.95 bits per heavy atom. The molecule has 0 fully saturated rings. The SMILES string of the molecule is CCN(CC(C)(C)O)C(=O)c1ccc(C(C)(C)C)cc1. The van der Waals surface area contributed by atoms with Gasteiger partial charge in [0.2, 0.25) is 0 Å². The van der Waals surface area contributed by atoms with Crippen molar-refractivity contribution in [3.63, 3.8) is 0 Å². The second-order valence-corrected chi connectivity index (χ2v) is 6.96. The molecule has 3 nitrogen and oxygen atoms in total. The Morgan fingerprint density at radius 2 is 1.60 bits per heavy atom. The van der Waals surface area contributed by atoms with Crippen LogP contribution in [0.1, 0.15) is 57.5 Å². The highest BCUT2D eigenvalue weighted by Crippen LogP contribution is 2.22. The average Bonchev–Trinajstić information content (AvgIpc) is 2.33. The van der Waals surface area contributed by atoms with Crippen LogP contribution in [-0.2, 0) is 5.41 Å². The molecule has 0 atom stereocenters. The Morgan fingerprint density at radius 1 is 1.10 bits per heavy atom. The van der Waals surface area contributed by atoms with Crippen LogP contribution in [0.25, 0.3) is 0 Å². The molecule has 0 aliphatic rings. The molecule has 0 unspecified atom stereocenters. The van der Waals surface area contributed by atoms with E-state index >= 15 is 0 Å². The van der Waals surface area contributed by atoms with Gasteiger partial charge in [-0.1, -0.05) is 32.9 Å². The third-order valence-electron chi connectivity index (χ3n) is 3.24. The van der Waals surface area contributed by atoms with E-state index in [1.807, 2.05) is 31.2 Å². The number of hydrogen-bond donors (Lipinski definition) is 1. The minimum absolute atomic E-state index is 0.0323. The molecule has 0 aliphatic carbocycles. The molecular weight excluding hydrogens is 250 g/mol. The standard InChI is InChI=1S/C17H27NO2/c1-7-18(12-17(5,6)20)15(19)13-8-10-14(11-9-13)16(2,3)4/h8-11,20H,7,12H2,1-6H3. The molecule has 1 N–H and O–H groups in total. The maximum absolute atomic E-state index is 12.4. The van der Waals surface area contributed by atoms with Gasteiger partial charge in [-0.3, -0.25) is 4.79 Å². The van der Waals surface area contributed by atoms with Crippen molar-refractivity contribution in [1.82, 2.24) is 4.90 Å². The number of hydrogen-bond acceptors (Lipinski definition) is 2. The number of carbonyl (C=O) groups is 1. The van der Waals surface area contributed by atoms with Crippen molar-refractivity contribution in [3.8, 4) is 0 Å². The lowest BCUT2D eigenvalue weighted by Crippen LogP contribution is -2.42. The molecule has 0 aromatic heterocycles. The zero-order valence-corrected chi connectivity index (χ0v) is 13.5. The van der Waals surface area contributed by atoms with E-state index in [0.29, 0.717) is 18.7 Å². The predicted octanol–water partition coefficient (Wildman–Crippen LogP) is 3.22. The number of carbonyl (C=O) groups excluding carboxylic acids is 1. The topological polar surface area (TPSA) is 40.5 Å². The van der Waals surface area contributed by atoms with Gasteiger partial charge in [-0.15, -0.1) is 0 Å². The minimum Gasteiger partial charge on any atom is -0.389 e. The maximum atomic E-state index is 12.4. The first kappa shape index (κ1) is 16.7. The third kappa shape index (κ3) is 4.64. The van der Waals surface area contributed by atoms with Crippen LogP contribution in [0.2, 0.25) is 0 Å². The van der Waals surface area contributed by atoms with E-state index in [0.717, 1.165) is 0 Å². The van der Waals surface area contributed by atoms with E-state index in [2.05, 4.69) is 20.8 Å². The monoisotopic (exact) mass is 277 g/mol. The highest BCUT2D eigenvalue weighted by atomic mass is 16.3. The second kappa shape index (κ2) is 5.96. The van der Waals surface area contributed by atoms with Crippen molar-refractivity contribution in [2.45, 2.75) is 52.6 Å². The van der Waals surface area contributed by atoms with Gasteiger partial charge in [0, 0.05) is 18.7 Å². The highest BCUT2D eigenvalue weighted by Gasteiger charge is 2.22. The largest absolute Gasteiger partial charge is 0.389 e. The van der Waals surface area contributed by atoms with Gasteiger partial charge in [0.25, 0.3) is 5.91 Å². The number of nitrogens with zero attached hydrogens (tertiary/aromatic N) is 1. The molecule has 0 bridgehead atoms. The predicted molar refractivity (Wildman–Crippen MR) is 83.0 cm³/mol. The highest BCUT2D eigenvalue weighted by molar-refractivity contribution is 5.94. The summed E-state index contributed by atoms with van der Waals surface area (Å²) in [5, 5.41) is 9.87. The average molecular weight is 277 g/mol. The number of aliphatic hydroxyl groups is 1. The van der Waals surface area contributed by atoms with Crippen LogP contribution in [0, 0.1) is 0 Å². The van der Waals surface area contributed by atoms with E-state index in [9.17, 15) is 9.90 Å². The van der Waals surface area contributed by atoms with Gasteiger partial charge in [0.05, 0.1) is 5.60 Å². The van der Waals surface area contributed by atoms with Gasteiger partial charge in [0.15, 0.2) is 0 Å². The van der Waals surface area contributed by atoms with Crippen LogP contribution in [0.4, 0.5) is 0 Å². The van der Waals surface area contributed by atoms with E-state index < -0.39 is 5.60 Å². The number of benzene rings is 1. The van der Waals surface area contributed by atoms with Crippen molar-refractivity contribution >= 4 is 5.91 Å². The zero-order valence-electron chi connectivity index (χ0n) is 13.5. The van der Waals surface area contributed by atoms with Crippen LogP contribution in [0.3, 0.4) is 0 Å². The first-order chi connectivity index (χ1) is 9.04. The summed E-state index contributed by atoms with van der Waals surface area (Å²) in [6.45, 7) is 12.7. The Labute approximate surface area is 122 Å². The van der Waals surface area contributed by atoms with Crippen molar-refractivity contribution in [1.29, 1.82) is 0 Å². The summed E-state index contributed by atoms with van der Waals surface area (Å²) in [5.74, 6) is -0.0323. The Bertz CT molecular complexity index is 449. The summed E-state index contributed by atoms with van der Waals surface area (Å²) in [6.07, 6.45) is 0. The smallest absolute Gasteiger partial charge is 0.253 e. The molecule has 0 spiro atoms. The molecule has 0 saturated carbocycles. The van der Waals surface area contributed by atoms with Gasteiger partial charge >= 0.3 is 0 Å². The Balaban J connectivity index is 2.91. The first-order valence-electron chi connectivity index (χ1n) is 7.17. The van der Waals surface area contributed by atoms with Gasteiger partial charge in [-0.2, -0.15) is 0 Å². The molecule has 1 rings (SSSR count). The van der Waals surface area contributed by atoms with Gasteiger partial charge < -0.3 is 10.0 Å². The molecule has 0 radical (unpaired) electrons. The molecule has 3 heteroatoms. The van der Waals surface area contributed by atoms with Crippen molar-refractivity contribution in [3.05, 3.63) is 35.4 Å². The van der Waals surface area contributed by atoms with Crippen LogP contribution in [-0.4, -0.2) is 34.6 Å². The van der Waals surface area contributed by atoms with E-state index in [1.54, 1.807) is 18.7 Å².